The van der Waals surface area contributed by atoms with E-state index in [0.29, 0.717) is 6.54 Å². The average Bonchev–Trinajstić information content (AvgIpc) is 3.24. The Balaban J connectivity index is 1.60. The van der Waals surface area contributed by atoms with Crippen LogP contribution in [0.15, 0.2) is 66.0 Å². The van der Waals surface area contributed by atoms with Crippen LogP contribution in [-0.4, -0.2) is 46.8 Å². The zero-order valence-electron chi connectivity index (χ0n) is 15.8. The predicted molar refractivity (Wildman–Crippen MR) is 106 cm³/mol. The molecule has 1 aromatic carbocycles. The van der Waals surface area contributed by atoms with Gasteiger partial charge in [-0.05, 0) is 41.5 Å². The third-order valence-corrected chi connectivity index (χ3v) is 4.15. The molecule has 27 heavy (non-hydrogen) atoms. The summed E-state index contributed by atoms with van der Waals surface area (Å²) in [6, 6.07) is 13.9. The number of methoxy groups -OCH3 is 1. The first-order chi connectivity index (χ1) is 13.2. The van der Waals surface area contributed by atoms with Gasteiger partial charge in [0.1, 0.15) is 5.75 Å². The van der Waals surface area contributed by atoms with Crippen molar-refractivity contribution in [2.75, 3.05) is 21.2 Å². The molecule has 0 bridgehead atoms. The Morgan fingerprint density at radius 2 is 2.00 bits per heavy atom. The Kier molecular flexibility index (Phi) is 6.04. The van der Waals surface area contributed by atoms with Crippen LogP contribution in [-0.2, 0) is 13.1 Å². The quantitative estimate of drug-likeness (QED) is 0.538. The van der Waals surface area contributed by atoms with Gasteiger partial charge in [-0.3, -0.25) is 4.99 Å². The van der Waals surface area contributed by atoms with Gasteiger partial charge in [0.2, 0.25) is 0 Å². The molecule has 0 aliphatic carbocycles. The van der Waals surface area contributed by atoms with Crippen molar-refractivity contribution in [3.8, 4) is 11.6 Å². The minimum absolute atomic E-state index is 0.649. The van der Waals surface area contributed by atoms with Crippen molar-refractivity contribution >= 4 is 5.96 Å². The highest BCUT2D eigenvalue weighted by Crippen LogP contribution is 2.13. The van der Waals surface area contributed by atoms with Crippen LogP contribution in [0.2, 0.25) is 0 Å². The Morgan fingerprint density at radius 1 is 1.19 bits per heavy atom. The number of benzene rings is 1. The number of aromatic nitrogens is 3. The molecule has 0 amide bonds. The third-order valence-electron chi connectivity index (χ3n) is 4.15. The standard InChI is InChI=1S/C20H24N6O/c1-21-20(25(2)15-16-5-7-18(27-3)8-6-16)23-14-17-9-11-22-19(13-17)26-12-4-10-24-26/h4-13H,14-15H2,1-3H3,(H,21,23). The SMILES string of the molecule is CN=C(NCc1ccnc(-n2cccn2)c1)N(C)Cc1ccc(OC)cc1. The van der Waals surface area contributed by atoms with Crippen molar-refractivity contribution in [3.63, 3.8) is 0 Å². The second kappa shape index (κ2) is 8.84. The van der Waals surface area contributed by atoms with Gasteiger partial charge in [-0.15, -0.1) is 0 Å². The fraction of sp³-hybridized carbons (Fsp3) is 0.250. The van der Waals surface area contributed by atoms with Crippen molar-refractivity contribution in [1.29, 1.82) is 0 Å². The summed E-state index contributed by atoms with van der Waals surface area (Å²) in [5, 5.41) is 7.61. The van der Waals surface area contributed by atoms with Crippen LogP contribution in [0.5, 0.6) is 5.75 Å². The molecule has 0 fully saturated rings. The van der Waals surface area contributed by atoms with Gasteiger partial charge in [0.25, 0.3) is 0 Å². The van der Waals surface area contributed by atoms with Gasteiger partial charge in [0, 0.05) is 45.8 Å². The highest BCUT2D eigenvalue weighted by atomic mass is 16.5. The molecule has 0 spiro atoms. The number of guanidine groups is 1. The Bertz CT molecular complexity index is 874. The molecule has 2 aromatic heterocycles. The molecule has 0 saturated heterocycles. The molecule has 0 saturated carbocycles. The zero-order valence-corrected chi connectivity index (χ0v) is 15.8. The number of pyridine rings is 1. The van der Waals surface area contributed by atoms with Gasteiger partial charge < -0.3 is 15.0 Å². The Labute approximate surface area is 159 Å². The first-order valence-electron chi connectivity index (χ1n) is 8.69. The monoisotopic (exact) mass is 364 g/mol. The predicted octanol–water partition coefficient (Wildman–Crippen LogP) is 2.48. The van der Waals surface area contributed by atoms with Gasteiger partial charge in [0.05, 0.1) is 7.11 Å². The normalized spacial score (nSPS) is 11.3. The number of nitrogens with one attached hydrogen (secondary N) is 1. The minimum atomic E-state index is 0.649. The molecule has 3 aromatic rings. The Hall–Kier alpha value is -3.35. The molecule has 0 aliphatic rings. The average molecular weight is 364 g/mol. The summed E-state index contributed by atoms with van der Waals surface area (Å²) in [4.78, 5) is 10.8. The lowest BCUT2D eigenvalue weighted by atomic mass is 10.2. The van der Waals surface area contributed by atoms with Crippen LogP contribution in [0.25, 0.3) is 5.82 Å². The molecule has 3 rings (SSSR count). The van der Waals surface area contributed by atoms with Crippen LogP contribution >= 0.6 is 0 Å². The van der Waals surface area contributed by atoms with Gasteiger partial charge in [-0.1, -0.05) is 12.1 Å². The maximum atomic E-state index is 5.21. The maximum absolute atomic E-state index is 5.21. The molecule has 0 unspecified atom stereocenters. The van der Waals surface area contributed by atoms with Gasteiger partial charge in [-0.2, -0.15) is 5.10 Å². The zero-order chi connectivity index (χ0) is 19.1. The second-order valence-corrected chi connectivity index (χ2v) is 6.08. The van der Waals surface area contributed by atoms with Crippen LogP contribution < -0.4 is 10.1 Å². The fourth-order valence-electron chi connectivity index (χ4n) is 2.75. The lowest BCUT2D eigenvalue weighted by Crippen LogP contribution is -2.38. The molecule has 0 radical (unpaired) electrons. The van der Waals surface area contributed by atoms with E-state index in [0.717, 1.165) is 29.6 Å². The van der Waals surface area contributed by atoms with E-state index in [1.165, 1.54) is 5.56 Å². The van der Waals surface area contributed by atoms with Crippen molar-refractivity contribution in [1.82, 2.24) is 25.0 Å². The highest BCUT2D eigenvalue weighted by molar-refractivity contribution is 5.79. The summed E-state index contributed by atoms with van der Waals surface area (Å²) < 4.78 is 6.95. The summed E-state index contributed by atoms with van der Waals surface area (Å²) in [7, 11) is 5.47. The molecule has 7 heteroatoms. The third kappa shape index (κ3) is 4.84. The fourth-order valence-corrected chi connectivity index (χ4v) is 2.75. The van der Waals surface area contributed by atoms with E-state index in [1.807, 2.05) is 43.6 Å². The number of aliphatic imine (C=N–C) groups is 1. The van der Waals surface area contributed by atoms with E-state index in [9.17, 15) is 0 Å². The topological polar surface area (TPSA) is 67.6 Å². The summed E-state index contributed by atoms with van der Waals surface area (Å²) in [6.45, 7) is 1.40. The highest BCUT2D eigenvalue weighted by Gasteiger charge is 2.08. The molecule has 0 atom stereocenters. The number of hydrogen-bond acceptors (Lipinski definition) is 4. The smallest absolute Gasteiger partial charge is 0.193 e. The molecule has 7 nitrogen and oxygen atoms in total. The number of hydrogen-bond donors (Lipinski definition) is 1. The molecule has 2 heterocycles. The number of rotatable bonds is 6. The van der Waals surface area contributed by atoms with Crippen molar-refractivity contribution in [2.24, 2.45) is 4.99 Å². The summed E-state index contributed by atoms with van der Waals surface area (Å²) >= 11 is 0. The van der Waals surface area contributed by atoms with E-state index < -0.39 is 0 Å². The van der Waals surface area contributed by atoms with Crippen LogP contribution in [0, 0.1) is 0 Å². The first-order valence-corrected chi connectivity index (χ1v) is 8.69. The van der Waals surface area contributed by atoms with E-state index in [-0.39, 0.29) is 0 Å². The lowest BCUT2D eigenvalue weighted by Gasteiger charge is -2.22. The lowest BCUT2D eigenvalue weighted by molar-refractivity contribution is 0.414. The number of ether oxygens (including phenoxy) is 1. The molecule has 1 N–H and O–H groups in total. The van der Waals surface area contributed by atoms with Gasteiger partial charge >= 0.3 is 0 Å². The van der Waals surface area contributed by atoms with E-state index in [4.69, 9.17) is 4.74 Å². The molecular weight excluding hydrogens is 340 g/mol. The molecular formula is C20H24N6O. The Morgan fingerprint density at radius 3 is 2.67 bits per heavy atom. The number of nitrogens with zero attached hydrogens (tertiary/aromatic N) is 5. The van der Waals surface area contributed by atoms with E-state index in [1.54, 1.807) is 31.2 Å². The van der Waals surface area contributed by atoms with Gasteiger partial charge in [0.15, 0.2) is 11.8 Å². The van der Waals surface area contributed by atoms with Crippen LogP contribution in [0.1, 0.15) is 11.1 Å². The summed E-state index contributed by atoms with van der Waals surface area (Å²) in [5.74, 6) is 2.47. The van der Waals surface area contributed by atoms with Crippen molar-refractivity contribution in [3.05, 3.63) is 72.2 Å². The van der Waals surface area contributed by atoms with E-state index >= 15 is 0 Å². The van der Waals surface area contributed by atoms with Crippen LogP contribution in [0.3, 0.4) is 0 Å². The first kappa shape index (κ1) is 18.4. The van der Waals surface area contributed by atoms with Crippen LogP contribution in [0.4, 0.5) is 0 Å². The largest absolute Gasteiger partial charge is 0.497 e. The minimum Gasteiger partial charge on any atom is -0.497 e. The van der Waals surface area contributed by atoms with Crippen molar-refractivity contribution in [2.45, 2.75) is 13.1 Å². The summed E-state index contributed by atoms with van der Waals surface area (Å²) in [5.41, 5.74) is 2.29. The van der Waals surface area contributed by atoms with Gasteiger partial charge in [-0.25, -0.2) is 9.67 Å². The maximum Gasteiger partial charge on any atom is 0.193 e. The second-order valence-electron chi connectivity index (χ2n) is 6.08. The molecule has 0 aliphatic heterocycles. The van der Waals surface area contributed by atoms with Crippen molar-refractivity contribution < 1.29 is 4.74 Å². The van der Waals surface area contributed by atoms with E-state index in [2.05, 4.69) is 37.4 Å². The summed E-state index contributed by atoms with van der Waals surface area (Å²) in [6.07, 6.45) is 5.40. The molecule has 140 valence electrons.